The molecule has 0 amide bonds. The van der Waals surface area contributed by atoms with Crippen LogP contribution in [0, 0.1) is 0 Å². The fraction of sp³-hybridized carbons (Fsp3) is 0.368. The molecular weight excluding hydrogens is 352 g/mol. The predicted molar refractivity (Wildman–Crippen MR) is 104 cm³/mol. The summed E-state index contributed by atoms with van der Waals surface area (Å²) in [5.41, 5.74) is 3.52. The Morgan fingerprint density at radius 3 is 3.08 bits per heavy atom. The van der Waals surface area contributed by atoms with Crippen LogP contribution >= 0.6 is 23.4 Å². The van der Waals surface area contributed by atoms with Gasteiger partial charge in [-0.05, 0) is 42.7 Å². The lowest BCUT2D eigenvalue weighted by molar-refractivity contribution is 0.797. The maximum absolute atomic E-state index is 6.12. The normalized spacial score (nSPS) is 25.4. The van der Waals surface area contributed by atoms with Gasteiger partial charge in [0.1, 0.15) is 0 Å². The van der Waals surface area contributed by atoms with Crippen molar-refractivity contribution in [2.75, 3.05) is 11.1 Å². The number of benzene rings is 1. The van der Waals surface area contributed by atoms with Crippen LogP contribution in [-0.4, -0.2) is 26.2 Å². The van der Waals surface area contributed by atoms with Crippen molar-refractivity contribution in [3.05, 3.63) is 59.1 Å². The number of halogens is 1. The van der Waals surface area contributed by atoms with Crippen molar-refractivity contribution in [1.29, 1.82) is 0 Å². The van der Waals surface area contributed by atoms with E-state index in [0.29, 0.717) is 17.2 Å². The van der Waals surface area contributed by atoms with Gasteiger partial charge >= 0.3 is 0 Å². The van der Waals surface area contributed by atoms with E-state index in [1.165, 1.54) is 29.9 Å². The first kappa shape index (κ1) is 15.5. The Kier molecular flexibility index (Phi) is 3.86. The molecule has 6 heteroatoms. The molecule has 0 bridgehead atoms. The van der Waals surface area contributed by atoms with Gasteiger partial charge in [-0.3, -0.25) is 4.40 Å². The molecule has 0 radical (unpaired) electrons. The first-order valence-corrected chi connectivity index (χ1v) is 10.2. The van der Waals surface area contributed by atoms with Gasteiger partial charge in [0.25, 0.3) is 0 Å². The van der Waals surface area contributed by atoms with E-state index < -0.39 is 0 Å². The molecule has 1 aliphatic carbocycles. The SMILES string of the molecule is Clc1cccc(C2CC2Nc2nccn3c([C@@H]4CCCS4)cnc23)c1. The van der Waals surface area contributed by atoms with Crippen molar-refractivity contribution >= 4 is 34.8 Å². The monoisotopic (exact) mass is 370 g/mol. The van der Waals surface area contributed by atoms with E-state index in [0.717, 1.165) is 22.9 Å². The van der Waals surface area contributed by atoms with Crippen molar-refractivity contribution in [3.63, 3.8) is 0 Å². The van der Waals surface area contributed by atoms with E-state index in [-0.39, 0.29) is 0 Å². The van der Waals surface area contributed by atoms with Crippen LogP contribution < -0.4 is 5.32 Å². The molecule has 2 fully saturated rings. The quantitative estimate of drug-likeness (QED) is 0.707. The smallest absolute Gasteiger partial charge is 0.180 e. The van der Waals surface area contributed by atoms with E-state index in [2.05, 4.69) is 31.8 Å². The van der Waals surface area contributed by atoms with Gasteiger partial charge in [-0.25, -0.2) is 9.97 Å². The molecule has 25 heavy (non-hydrogen) atoms. The Bertz CT molecular complexity index is 919. The Hall–Kier alpha value is -1.72. The van der Waals surface area contributed by atoms with Gasteiger partial charge < -0.3 is 5.32 Å². The summed E-state index contributed by atoms with van der Waals surface area (Å²) < 4.78 is 2.20. The second-order valence-corrected chi connectivity index (χ2v) is 8.55. The zero-order chi connectivity index (χ0) is 16.8. The lowest BCUT2D eigenvalue weighted by Crippen LogP contribution is -2.08. The number of fused-ring (bicyclic) bond motifs is 1. The highest BCUT2D eigenvalue weighted by molar-refractivity contribution is 7.99. The van der Waals surface area contributed by atoms with Gasteiger partial charge in [0.2, 0.25) is 0 Å². The molecule has 0 spiro atoms. The summed E-state index contributed by atoms with van der Waals surface area (Å²) in [7, 11) is 0. The first-order valence-electron chi connectivity index (χ1n) is 8.75. The van der Waals surface area contributed by atoms with Gasteiger partial charge in [0.05, 0.1) is 11.9 Å². The van der Waals surface area contributed by atoms with Crippen LogP contribution in [0.2, 0.25) is 5.02 Å². The minimum absolute atomic E-state index is 0.401. The number of aromatic nitrogens is 3. The number of nitrogens with one attached hydrogen (secondary N) is 1. The first-order chi connectivity index (χ1) is 12.3. The second-order valence-electron chi connectivity index (χ2n) is 6.80. The molecule has 2 unspecified atom stereocenters. The predicted octanol–water partition coefficient (Wildman–Crippen LogP) is 4.92. The number of imidazole rings is 1. The van der Waals surface area contributed by atoms with Crippen LogP contribution in [0.15, 0.2) is 42.9 Å². The number of anilines is 1. The molecule has 1 saturated carbocycles. The highest BCUT2D eigenvalue weighted by atomic mass is 35.5. The van der Waals surface area contributed by atoms with Crippen LogP contribution in [0.3, 0.4) is 0 Å². The molecule has 3 atom stereocenters. The third-order valence-electron chi connectivity index (χ3n) is 5.11. The summed E-state index contributed by atoms with van der Waals surface area (Å²) >= 11 is 8.15. The number of nitrogens with zero attached hydrogens (tertiary/aromatic N) is 3. The van der Waals surface area contributed by atoms with Crippen LogP contribution in [-0.2, 0) is 0 Å². The molecule has 5 rings (SSSR count). The van der Waals surface area contributed by atoms with Crippen molar-refractivity contribution in [1.82, 2.24) is 14.4 Å². The third kappa shape index (κ3) is 2.89. The minimum atomic E-state index is 0.401. The average Bonchev–Trinajstić information content (AvgIpc) is 3.00. The fourth-order valence-electron chi connectivity index (χ4n) is 3.72. The van der Waals surface area contributed by atoms with Crippen molar-refractivity contribution in [2.45, 2.75) is 36.5 Å². The van der Waals surface area contributed by atoms with Crippen LogP contribution in [0.5, 0.6) is 0 Å². The van der Waals surface area contributed by atoms with Crippen molar-refractivity contribution < 1.29 is 0 Å². The summed E-state index contributed by atoms with van der Waals surface area (Å²) in [5.74, 6) is 2.63. The summed E-state index contributed by atoms with van der Waals surface area (Å²) in [6.07, 6.45) is 9.56. The fourth-order valence-corrected chi connectivity index (χ4v) is 5.22. The van der Waals surface area contributed by atoms with Gasteiger partial charge in [0.15, 0.2) is 11.5 Å². The summed E-state index contributed by atoms with van der Waals surface area (Å²) in [4.78, 5) is 9.20. The molecule has 2 aromatic heterocycles. The van der Waals surface area contributed by atoms with Crippen molar-refractivity contribution in [2.24, 2.45) is 0 Å². The third-order valence-corrected chi connectivity index (χ3v) is 6.74. The summed E-state index contributed by atoms with van der Waals surface area (Å²) in [6, 6.07) is 8.56. The highest BCUT2D eigenvalue weighted by Gasteiger charge is 2.39. The number of rotatable bonds is 4. The molecule has 3 heterocycles. The standard InChI is InChI=1S/C19H19ClN4S/c20-13-4-1-3-12(9-13)14-10-15(14)23-18-19-22-11-16(17-5-2-8-25-17)24(19)7-6-21-18/h1,3-4,6-7,9,11,14-15,17H,2,5,8,10H2,(H,21,23)/t14?,15?,17-/m0/s1. The average molecular weight is 371 g/mol. The largest absolute Gasteiger partial charge is 0.364 e. The second kappa shape index (κ2) is 6.22. The van der Waals surface area contributed by atoms with E-state index in [4.69, 9.17) is 11.6 Å². The molecule has 1 saturated heterocycles. The van der Waals surface area contributed by atoms with Crippen molar-refractivity contribution in [3.8, 4) is 0 Å². The lowest BCUT2D eigenvalue weighted by atomic mass is 10.1. The van der Waals surface area contributed by atoms with Gasteiger partial charge in [0, 0.05) is 34.6 Å². The zero-order valence-corrected chi connectivity index (χ0v) is 15.3. The lowest BCUT2D eigenvalue weighted by Gasteiger charge is -2.10. The molecule has 1 aromatic carbocycles. The Balaban J connectivity index is 1.39. The highest BCUT2D eigenvalue weighted by Crippen LogP contribution is 2.44. The molecule has 128 valence electrons. The number of thioether (sulfide) groups is 1. The zero-order valence-electron chi connectivity index (χ0n) is 13.7. The maximum atomic E-state index is 6.12. The summed E-state index contributed by atoms with van der Waals surface area (Å²) in [5, 5.41) is 4.95. The van der Waals surface area contributed by atoms with Gasteiger partial charge in [-0.2, -0.15) is 11.8 Å². The van der Waals surface area contributed by atoms with Crippen LogP contribution in [0.1, 0.15) is 41.7 Å². The molecule has 3 aromatic rings. The van der Waals surface area contributed by atoms with E-state index >= 15 is 0 Å². The topological polar surface area (TPSA) is 42.2 Å². The molecule has 4 nitrogen and oxygen atoms in total. The molecule has 1 N–H and O–H groups in total. The number of hydrogen-bond donors (Lipinski definition) is 1. The molecule has 2 aliphatic rings. The van der Waals surface area contributed by atoms with Crippen LogP contribution in [0.25, 0.3) is 5.65 Å². The van der Waals surface area contributed by atoms with E-state index in [1.54, 1.807) is 0 Å². The Morgan fingerprint density at radius 1 is 1.28 bits per heavy atom. The molecular formula is C19H19ClN4S. The van der Waals surface area contributed by atoms with Gasteiger partial charge in [-0.15, -0.1) is 0 Å². The minimum Gasteiger partial charge on any atom is -0.364 e. The van der Waals surface area contributed by atoms with Gasteiger partial charge in [-0.1, -0.05) is 23.7 Å². The van der Waals surface area contributed by atoms with Crippen LogP contribution in [0.4, 0.5) is 5.82 Å². The van der Waals surface area contributed by atoms with E-state index in [9.17, 15) is 0 Å². The molecule has 1 aliphatic heterocycles. The Morgan fingerprint density at radius 2 is 2.24 bits per heavy atom. The maximum Gasteiger partial charge on any atom is 0.180 e. The Labute approximate surface area is 156 Å². The number of hydrogen-bond acceptors (Lipinski definition) is 4. The summed E-state index contributed by atoms with van der Waals surface area (Å²) in [6.45, 7) is 0. The van der Waals surface area contributed by atoms with E-state index in [1.807, 2.05) is 42.5 Å².